The largest absolute Gasteiger partial charge is 0.347 e. The zero-order chi connectivity index (χ0) is 11.3. The third kappa shape index (κ3) is 1.48. The molecule has 3 heteroatoms. The first-order valence-corrected chi connectivity index (χ1v) is 6.75. The van der Waals surface area contributed by atoms with E-state index < -0.39 is 0 Å². The molecule has 4 rings (SSSR count). The first kappa shape index (κ1) is 10.6. The fraction of sp³-hybridized carbons (Fsp3) is 0.462. The summed E-state index contributed by atoms with van der Waals surface area (Å²) in [6, 6.07) is 5.91. The first-order chi connectivity index (χ1) is 7.60. The van der Waals surface area contributed by atoms with E-state index >= 15 is 0 Å². The van der Waals surface area contributed by atoms with Crippen LogP contribution < -0.4 is 5.32 Å². The standard InChI is InChI=1S/C13H14INO/c1-8-3-2-4-10(11(8)14)12(16)15-13-5-9(6-13)7-13/h2-4,9H,5-7H2,1H3,(H,15,16). The molecule has 0 spiro atoms. The summed E-state index contributed by atoms with van der Waals surface area (Å²) in [5, 5.41) is 3.20. The van der Waals surface area contributed by atoms with Gasteiger partial charge in [0.05, 0.1) is 5.56 Å². The van der Waals surface area contributed by atoms with Crippen molar-refractivity contribution in [1.82, 2.24) is 5.32 Å². The zero-order valence-electron chi connectivity index (χ0n) is 9.22. The Labute approximate surface area is 109 Å². The normalized spacial score (nSPS) is 30.2. The third-order valence-electron chi connectivity index (χ3n) is 3.85. The van der Waals surface area contributed by atoms with Gasteiger partial charge in [-0.25, -0.2) is 0 Å². The minimum atomic E-state index is 0.103. The van der Waals surface area contributed by atoms with Crippen LogP contribution in [0.3, 0.4) is 0 Å². The fourth-order valence-electron chi connectivity index (χ4n) is 2.76. The molecule has 3 aliphatic rings. The molecule has 2 bridgehead atoms. The molecule has 0 unspecified atom stereocenters. The van der Waals surface area contributed by atoms with Crippen LogP contribution in [-0.4, -0.2) is 11.4 Å². The predicted molar refractivity (Wildman–Crippen MR) is 71.4 cm³/mol. The maximum atomic E-state index is 12.1. The number of amides is 1. The highest BCUT2D eigenvalue weighted by Gasteiger charge is 2.57. The topological polar surface area (TPSA) is 29.1 Å². The molecule has 0 radical (unpaired) electrons. The summed E-state index contributed by atoms with van der Waals surface area (Å²) in [6.07, 6.45) is 3.59. The van der Waals surface area contributed by atoms with Crippen LogP contribution in [0.2, 0.25) is 0 Å². The molecule has 0 atom stereocenters. The summed E-state index contributed by atoms with van der Waals surface area (Å²) in [4.78, 5) is 12.1. The molecule has 0 aromatic heterocycles. The molecule has 0 saturated heterocycles. The summed E-state index contributed by atoms with van der Waals surface area (Å²) in [5.41, 5.74) is 2.17. The second kappa shape index (κ2) is 3.45. The number of rotatable bonds is 2. The quantitative estimate of drug-likeness (QED) is 0.832. The van der Waals surface area contributed by atoms with Crippen LogP contribution in [0.15, 0.2) is 18.2 Å². The predicted octanol–water partition coefficient (Wildman–Crippen LogP) is 2.88. The zero-order valence-corrected chi connectivity index (χ0v) is 11.4. The summed E-state index contributed by atoms with van der Waals surface area (Å²) < 4.78 is 1.07. The Morgan fingerprint density at radius 2 is 2.12 bits per heavy atom. The van der Waals surface area contributed by atoms with E-state index in [4.69, 9.17) is 0 Å². The minimum Gasteiger partial charge on any atom is -0.347 e. The lowest BCUT2D eigenvalue weighted by atomic mass is 9.50. The number of nitrogens with one attached hydrogen (secondary N) is 1. The van der Waals surface area contributed by atoms with Crippen molar-refractivity contribution in [2.45, 2.75) is 31.7 Å². The maximum Gasteiger partial charge on any atom is 0.252 e. The minimum absolute atomic E-state index is 0.103. The number of hydrogen-bond acceptors (Lipinski definition) is 1. The SMILES string of the molecule is Cc1cccc(C(=O)NC23CC(C2)C3)c1I. The van der Waals surface area contributed by atoms with Crippen LogP contribution in [0.25, 0.3) is 0 Å². The monoisotopic (exact) mass is 327 g/mol. The summed E-state index contributed by atoms with van der Waals surface area (Å²) in [6.45, 7) is 2.04. The van der Waals surface area contributed by atoms with Crippen LogP contribution in [0.5, 0.6) is 0 Å². The lowest BCUT2D eigenvalue weighted by molar-refractivity contribution is -0.0438. The molecule has 3 aliphatic carbocycles. The average Bonchev–Trinajstić information content (AvgIpc) is 2.13. The van der Waals surface area contributed by atoms with Crippen molar-refractivity contribution < 1.29 is 4.79 Å². The van der Waals surface area contributed by atoms with Gasteiger partial charge in [-0.15, -0.1) is 0 Å². The van der Waals surface area contributed by atoms with Crippen molar-refractivity contribution in [3.63, 3.8) is 0 Å². The molecule has 84 valence electrons. The van der Waals surface area contributed by atoms with Gasteiger partial charge in [-0.1, -0.05) is 12.1 Å². The van der Waals surface area contributed by atoms with Crippen LogP contribution in [0.1, 0.15) is 35.2 Å². The third-order valence-corrected chi connectivity index (χ3v) is 5.29. The highest BCUT2D eigenvalue weighted by atomic mass is 127. The average molecular weight is 327 g/mol. The molecule has 0 aliphatic heterocycles. The van der Waals surface area contributed by atoms with Crippen LogP contribution in [0.4, 0.5) is 0 Å². The molecule has 16 heavy (non-hydrogen) atoms. The highest BCUT2D eigenvalue weighted by molar-refractivity contribution is 14.1. The van der Waals surface area contributed by atoms with Crippen LogP contribution in [-0.2, 0) is 0 Å². The lowest BCUT2D eigenvalue weighted by Crippen LogP contribution is -2.68. The number of carbonyl (C=O) groups is 1. The summed E-state index contributed by atoms with van der Waals surface area (Å²) >= 11 is 2.25. The lowest BCUT2D eigenvalue weighted by Gasteiger charge is -2.61. The smallest absolute Gasteiger partial charge is 0.252 e. The molecule has 0 heterocycles. The molecular formula is C13H14INO. The van der Waals surface area contributed by atoms with Gasteiger partial charge in [-0.05, 0) is 66.3 Å². The molecule has 1 amide bonds. The first-order valence-electron chi connectivity index (χ1n) is 5.67. The van der Waals surface area contributed by atoms with Gasteiger partial charge in [0.15, 0.2) is 0 Å². The number of halogens is 1. The van der Waals surface area contributed by atoms with Crippen LogP contribution >= 0.6 is 22.6 Å². The number of aryl methyl sites for hydroxylation is 1. The van der Waals surface area contributed by atoms with E-state index in [1.807, 2.05) is 25.1 Å². The second-order valence-electron chi connectivity index (χ2n) is 5.15. The van der Waals surface area contributed by atoms with E-state index in [1.165, 1.54) is 24.8 Å². The Morgan fingerprint density at radius 1 is 1.44 bits per heavy atom. The van der Waals surface area contributed by atoms with E-state index in [-0.39, 0.29) is 11.4 Å². The molecule has 3 saturated carbocycles. The van der Waals surface area contributed by atoms with E-state index in [2.05, 4.69) is 27.9 Å². The van der Waals surface area contributed by atoms with Crippen LogP contribution in [0, 0.1) is 16.4 Å². The van der Waals surface area contributed by atoms with Crippen molar-refractivity contribution >= 4 is 28.5 Å². The number of benzene rings is 1. The Kier molecular flexibility index (Phi) is 2.28. The van der Waals surface area contributed by atoms with E-state index in [1.54, 1.807) is 0 Å². The van der Waals surface area contributed by atoms with Gasteiger partial charge >= 0.3 is 0 Å². The Hall–Kier alpha value is -0.580. The van der Waals surface area contributed by atoms with E-state index in [9.17, 15) is 4.79 Å². The Balaban J connectivity index is 1.80. The summed E-state index contributed by atoms with van der Waals surface area (Å²) in [7, 11) is 0. The fourth-order valence-corrected chi connectivity index (χ4v) is 3.37. The molecule has 1 aromatic rings. The molecule has 3 fully saturated rings. The van der Waals surface area contributed by atoms with Crippen molar-refractivity contribution in [3.8, 4) is 0 Å². The maximum absolute atomic E-state index is 12.1. The van der Waals surface area contributed by atoms with Crippen molar-refractivity contribution in [2.24, 2.45) is 5.92 Å². The Morgan fingerprint density at radius 3 is 2.69 bits per heavy atom. The molecular weight excluding hydrogens is 313 g/mol. The van der Waals surface area contributed by atoms with E-state index in [0.29, 0.717) is 0 Å². The molecule has 2 nitrogen and oxygen atoms in total. The molecule has 1 aromatic carbocycles. The molecule has 1 N–H and O–H groups in total. The van der Waals surface area contributed by atoms with Gasteiger partial charge in [-0.3, -0.25) is 4.79 Å². The van der Waals surface area contributed by atoms with Gasteiger partial charge < -0.3 is 5.32 Å². The van der Waals surface area contributed by atoms with Crippen molar-refractivity contribution in [2.75, 3.05) is 0 Å². The number of hydrogen-bond donors (Lipinski definition) is 1. The van der Waals surface area contributed by atoms with Gasteiger partial charge in [0.2, 0.25) is 0 Å². The van der Waals surface area contributed by atoms with Gasteiger partial charge in [-0.2, -0.15) is 0 Å². The second-order valence-corrected chi connectivity index (χ2v) is 6.23. The van der Waals surface area contributed by atoms with E-state index in [0.717, 1.165) is 15.1 Å². The van der Waals surface area contributed by atoms with Crippen molar-refractivity contribution in [3.05, 3.63) is 32.9 Å². The number of carbonyl (C=O) groups excluding carboxylic acids is 1. The van der Waals surface area contributed by atoms with Gasteiger partial charge in [0.25, 0.3) is 5.91 Å². The van der Waals surface area contributed by atoms with Gasteiger partial charge in [0.1, 0.15) is 0 Å². The summed E-state index contributed by atoms with van der Waals surface area (Å²) in [5.74, 6) is 1.00. The highest BCUT2D eigenvalue weighted by Crippen LogP contribution is 2.57. The van der Waals surface area contributed by atoms with Crippen molar-refractivity contribution in [1.29, 1.82) is 0 Å². The van der Waals surface area contributed by atoms with Gasteiger partial charge in [0, 0.05) is 9.11 Å². The Bertz CT molecular complexity index is 452.